The lowest BCUT2D eigenvalue weighted by Crippen LogP contribution is -2.47. The molecule has 1 aromatic heterocycles. The topological polar surface area (TPSA) is 66.8 Å². The highest BCUT2D eigenvalue weighted by molar-refractivity contribution is 5.88. The minimum atomic E-state index is -0.0522. The molecule has 2 atom stereocenters. The van der Waals surface area contributed by atoms with Crippen LogP contribution in [0, 0.1) is 5.92 Å². The summed E-state index contributed by atoms with van der Waals surface area (Å²) in [6.07, 6.45) is 1.17. The van der Waals surface area contributed by atoms with Gasteiger partial charge < -0.3 is 14.6 Å². The molecule has 2 aromatic rings. The summed E-state index contributed by atoms with van der Waals surface area (Å²) in [5, 5.41) is 2.82. The first kappa shape index (κ1) is 21.4. The second-order valence-electron chi connectivity index (χ2n) is 9.46. The molecular formula is C25H32N4O3. The number of likely N-dealkylation sites (tertiary alicyclic amines) is 1. The molecule has 0 spiro atoms. The monoisotopic (exact) mass is 436 g/mol. The van der Waals surface area contributed by atoms with Crippen molar-refractivity contribution < 1.29 is 9.53 Å². The molecule has 2 bridgehead atoms. The fraction of sp³-hybridized carbons (Fsp3) is 0.520. The highest BCUT2D eigenvalue weighted by Crippen LogP contribution is 2.35. The van der Waals surface area contributed by atoms with Crippen molar-refractivity contribution in [3.63, 3.8) is 0 Å². The van der Waals surface area contributed by atoms with Gasteiger partial charge >= 0.3 is 0 Å². The molecular weight excluding hydrogens is 404 g/mol. The van der Waals surface area contributed by atoms with Gasteiger partial charge in [0.15, 0.2) is 0 Å². The molecule has 1 N–H and O–H groups in total. The van der Waals surface area contributed by atoms with Gasteiger partial charge in [-0.1, -0.05) is 18.2 Å². The maximum Gasteiger partial charge on any atom is 0.255 e. The molecule has 2 fully saturated rings. The number of carbonyl (C=O) groups is 1. The fourth-order valence-corrected chi connectivity index (χ4v) is 5.49. The molecule has 0 unspecified atom stereocenters. The van der Waals surface area contributed by atoms with Crippen LogP contribution in [-0.2, 0) is 29.2 Å². The largest absolute Gasteiger partial charge is 0.379 e. The molecule has 3 aliphatic heterocycles. The predicted octanol–water partition coefficient (Wildman–Crippen LogP) is 2.26. The Kier molecular flexibility index (Phi) is 6.13. The first-order valence-corrected chi connectivity index (χ1v) is 11.7. The Balaban J connectivity index is 1.27. The van der Waals surface area contributed by atoms with E-state index in [1.807, 2.05) is 12.1 Å². The molecule has 1 amide bonds. The van der Waals surface area contributed by atoms with Crippen molar-refractivity contribution in [2.75, 3.05) is 44.7 Å². The first-order chi connectivity index (χ1) is 15.5. The van der Waals surface area contributed by atoms with Crippen LogP contribution < -0.4 is 10.9 Å². The van der Waals surface area contributed by atoms with Gasteiger partial charge in [0.1, 0.15) is 0 Å². The van der Waals surface area contributed by atoms with Crippen molar-refractivity contribution >= 4 is 11.6 Å². The zero-order valence-corrected chi connectivity index (χ0v) is 18.8. The van der Waals surface area contributed by atoms with E-state index in [-0.39, 0.29) is 11.5 Å². The van der Waals surface area contributed by atoms with Gasteiger partial charge in [0.2, 0.25) is 5.91 Å². The van der Waals surface area contributed by atoms with Crippen molar-refractivity contribution in [2.45, 2.75) is 38.9 Å². The van der Waals surface area contributed by atoms with E-state index in [0.717, 1.165) is 70.3 Å². The van der Waals surface area contributed by atoms with Gasteiger partial charge in [-0.25, -0.2) is 0 Å². The Bertz CT molecular complexity index is 1030. The number of piperidine rings is 1. The second-order valence-corrected chi connectivity index (χ2v) is 9.46. The average molecular weight is 437 g/mol. The third-order valence-corrected chi connectivity index (χ3v) is 6.94. The lowest BCUT2D eigenvalue weighted by Gasteiger charge is -2.43. The minimum Gasteiger partial charge on any atom is -0.379 e. The van der Waals surface area contributed by atoms with Crippen molar-refractivity contribution in [1.29, 1.82) is 0 Å². The van der Waals surface area contributed by atoms with Gasteiger partial charge in [0, 0.05) is 75.6 Å². The zero-order valence-electron chi connectivity index (χ0n) is 18.8. The third kappa shape index (κ3) is 4.65. The number of amides is 1. The van der Waals surface area contributed by atoms with Gasteiger partial charge in [-0.2, -0.15) is 0 Å². The van der Waals surface area contributed by atoms with Gasteiger partial charge in [-0.3, -0.25) is 19.4 Å². The summed E-state index contributed by atoms with van der Waals surface area (Å²) in [6.45, 7) is 9.25. The number of hydrogen-bond donors (Lipinski definition) is 1. The fourth-order valence-electron chi connectivity index (χ4n) is 5.49. The van der Waals surface area contributed by atoms with Crippen LogP contribution in [0.1, 0.15) is 36.1 Å². The lowest BCUT2D eigenvalue weighted by molar-refractivity contribution is -0.114. The highest BCUT2D eigenvalue weighted by Gasteiger charge is 2.35. The number of pyridine rings is 1. The first-order valence-electron chi connectivity index (χ1n) is 11.7. The molecule has 0 aliphatic carbocycles. The maximum atomic E-state index is 13.3. The Morgan fingerprint density at radius 3 is 2.53 bits per heavy atom. The summed E-state index contributed by atoms with van der Waals surface area (Å²) in [4.78, 5) is 29.3. The van der Waals surface area contributed by atoms with Crippen molar-refractivity contribution in [3.05, 3.63) is 63.6 Å². The van der Waals surface area contributed by atoms with Gasteiger partial charge in [-0.05, 0) is 36.1 Å². The van der Waals surface area contributed by atoms with Crippen LogP contribution in [0.15, 0.2) is 41.2 Å². The smallest absolute Gasteiger partial charge is 0.255 e. The number of rotatable bonds is 5. The van der Waals surface area contributed by atoms with Gasteiger partial charge in [0.05, 0.1) is 13.2 Å². The van der Waals surface area contributed by atoms with E-state index in [2.05, 4.69) is 43.9 Å². The number of ether oxygens (including phenoxy) is 1. The molecule has 1 aromatic carbocycles. The Labute approximate surface area is 189 Å². The van der Waals surface area contributed by atoms with Crippen LogP contribution in [-0.4, -0.2) is 59.7 Å². The van der Waals surface area contributed by atoms with E-state index in [1.165, 1.54) is 24.6 Å². The number of nitrogens with one attached hydrogen (secondary N) is 1. The average Bonchev–Trinajstić information content (AvgIpc) is 2.78. The number of morpholine rings is 1. The molecule has 5 rings (SSSR count). The molecule has 7 heteroatoms. The van der Waals surface area contributed by atoms with Crippen molar-refractivity contribution in [1.82, 2.24) is 14.4 Å². The second kappa shape index (κ2) is 9.17. The van der Waals surface area contributed by atoms with Crippen LogP contribution in [0.2, 0.25) is 0 Å². The molecule has 2 saturated heterocycles. The van der Waals surface area contributed by atoms with E-state index in [0.29, 0.717) is 11.8 Å². The van der Waals surface area contributed by atoms with Crippen molar-refractivity contribution in [3.8, 4) is 0 Å². The lowest BCUT2D eigenvalue weighted by atomic mass is 9.82. The number of nitrogens with zero attached hydrogens (tertiary/aromatic N) is 3. The van der Waals surface area contributed by atoms with E-state index in [4.69, 9.17) is 4.74 Å². The van der Waals surface area contributed by atoms with E-state index < -0.39 is 0 Å². The number of hydrogen-bond acceptors (Lipinski definition) is 5. The maximum absolute atomic E-state index is 13.3. The van der Waals surface area contributed by atoms with Crippen LogP contribution >= 0.6 is 0 Å². The van der Waals surface area contributed by atoms with Crippen LogP contribution in [0.4, 0.5) is 5.69 Å². The molecule has 3 aliphatic rings. The van der Waals surface area contributed by atoms with Gasteiger partial charge in [-0.15, -0.1) is 0 Å². The molecule has 32 heavy (non-hydrogen) atoms. The van der Waals surface area contributed by atoms with Crippen LogP contribution in [0.5, 0.6) is 0 Å². The molecule has 0 radical (unpaired) electrons. The third-order valence-electron chi connectivity index (χ3n) is 6.94. The standard InChI is InChI=1S/C25H32N4O3/c1-18(30)26-23-5-2-19(3-6-23)13-28-14-20-12-22(17-28)24-7-4-21(25(31)29(24)15-20)16-27-8-10-32-11-9-27/h2-7,20,22H,8-17H2,1H3,(H,26,30)/t20-,22+/m0/s1. The summed E-state index contributed by atoms with van der Waals surface area (Å²) in [6, 6.07) is 12.4. The van der Waals surface area contributed by atoms with E-state index in [1.54, 1.807) is 0 Å². The van der Waals surface area contributed by atoms with Crippen LogP contribution in [0.3, 0.4) is 0 Å². The summed E-state index contributed by atoms with van der Waals surface area (Å²) in [7, 11) is 0. The number of carbonyl (C=O) groups excluding carboxylic acids is 1. The summed E-state index contributed by atoms with van der Waals surface area (Å²) >= 11 is 0. The van der Waals surface area contributed by atoms with E-state index >= 15 is 0 Å². The number of fused-ring (bicyclic) bond motifs is 4. The molecule has 170 valence electrons. The summed E-state index contributed by atoms with van der Waals surface area (Å²) < 4.78 is 7.50. The normalized spacial score (nSPS) is 23.5. The highest BCUT2D eigenvalue weighted by atomic mass is 16.5. The zero-order chi connectivity index (χ0) is 22.1. The Hall–Kier alpha value is -2.48. The minimum absolute atomic E-state index is 0.0522. The number of aromatic nitrogens is 1. The predicted molar refractivity (Wildman–Crippen MR) is 124 cm³/mol. The summed E-state index contributed by atoms with van der Waals surface area (Å²) in [5.41, 5.74) is 4.38. The summed E-state index contributed by atoms with van der Waals surface area (Å²) in [5.74, 6) is 0.867. The molecule has 0 saturated carbocycles. The Morgan fingerprint density at radius 1 is 1.00 bits per heavy atom. The van der Waals surface area contributed by atoms with Crippen LogP contribution in [0.25, 0.3) is 0 Å². The quantitative estimate of drug-likeness (QED) is 0.779. The SMILES string of the molecule is CC(=O)Nc1ccc(CN2C[C@@H]3C[C@H](C2)c2ccc(CN4CCOCC4)c(=O)n2C3)cc1. The number of anilines is 1. The van der Waals surface area contributed by atoms with E-state index in [9.17, 15) is 9.59 Å². The molecule has 7 nitrogen and oxygen atoms in total. The van der Waals surface area contributed by atoms with Crippen molar-refractivity contribution in [2.24, 2.45) is 5.92 Å². The number of benzene rings is 1. The van der Waals surface area contributed by atoms with Gasteiger partial charge in [0.25, 0.3) is 5.56 Å². The Morgan fingerprint density at radius 2 is 1.78 bits per heavy atom. The molecule has 4 heterocycles.